The first-order valence-electron chi connectivity index (χ1n) is 5.17. The molecule has 0 aromatic carbocycles. The first kappa shape index (κ1) is 10.5. The van der Waals surface area contributed by atoms with Gasteiger partial charge in [0.25, 0.3) is 0 Å². The summed E-state index contributed by atoms with van der Waals surface area (Å²) in [5.41, 5.74) is 0. The second kappa shape index (κ2) is 4.61. The van der Waals surface area contributed by atoms with Gasteiger partial charge in [-0.1, -0.05) is 13.8 Å². The number of amides is 1. The zero-order valence-electron chi connectivity index (χ0n) is 8.84. The molecule has 13 heavy (non-hydrogen) atoms. The monoisotopic (exact) mass is 184 g/mol. The van der Waals surface area contributed by atoms with E-state index in [0.29, 0.717) is 11.9 Å². The molecule has 0 saturated carbocycles. The predicted molar refractivity (Wildman–Crippen MR) is 53.5 cm³/mol. The minimum Gasteiger partial charge on any atom is -0.340 e. The summed E-state index contributed by atoms with van der Waals surface area (Å²) < 4.78 is 0. The molecule has 3 nitrogen and oxygen atoms in total. The van der Waals surface area contributed by atoms with Crippen LogP contribution in [0.1, 0.15) is 27.2 Å². The van der Waals surface area contributed by atoms with Crippen LogP contribution in [-0.4, -0.2) is 36.5 Å². The number of carbonyl (C=O) groups excluding carboxylic acids is 1. The van der Waals surface area contributed by atoms with Crippen LogP contribution in [0, 0.1) is 5.92 Å². The third-order valence-corrected chi connectivity index (χ3v) is 2.71. The van der Waals surface area contributed by atoms with Crippen molar-refractivity contribution < 1.29 is 4.79 Å². The first-order chi connectivity index (χ1) is 6.15. The average molecular weight is 184 g/mol. The molecular formula is C10H20N2O. The number of nitrogens with zero attached hydrogens (tertiary/aromatic N) is 1. The van der Waals surface area contributed by atoms with Gasteiger partial charge in [0.15, 0.2) is 0 Å². The second-order valence-corrected chi connectivity index (χ2v) is 3.95. The summed E-state index contributed by atoms with van der Waals surface area (Å²) in [6, 6.07) is 0.446. The van der Waals surface area contributed by atoms with Gasteiger partial charge in [-0.25, -0.2) is 0 Å². The van der Waals surface area contributed by atoms with Crippen LogP contribution in [0.15, 0.2) is 0 Å². The molecule has 1 fully saturated rings. The van der Waals surface area contributed by atoms with E-state index in [2.05, 4.69) is 19.2 Å². The van der Waals surface area contributed by atoms with Crippen LogP contribution in [0.3, 0.4) is 0 Å². The second-order valence-electron chi connectivity index (χ2n) is 3.95. The van der Waals surface area contributed by atoms with E-state index >= 15 is 0 Å². The van der Waals surface area contributed by atoms with E-state index in [0.717, 1.165) is 26.1 Å². The lowest BCUT2D eigenvalue weighted by molar-refractivity contribution is -0.136. The van der Waals surface area contributed by atoms with Gasteiger partial charge < -0.3 is 10.2 Å². The lowest BCUT2D eigenvalue weighted by atomic mass is 10.1. The molecule has 3 heteroatoms. The van der Waals surface area contributed by atoms with Gasteiger partial charge in [-0.2, -0.15) is 0 Å². The Kier molecular flexibility index (Phi) is 3.72. The standard InChI is InChI=1S/C10H20N2O/c1-4-8(2)10(13)12-6-5-11-9(3)7-12/h8-9,11H,4-7H2,1-3H3/t8?,9-/m1/s1. The highest BCUT2D eigenvalue weighted by Crippen LogP contribution is 2.08. The molecule has 0 bridgehead atoms. The van der Waals surface area contributed by atoms with Gasteiger partial charge in [-0.15, -0.1) is 0 Å². The highest BCUT2D eigenvalue weighted by Gasteiger charge is 2.23. The third kappa shape index (κ3) is 2.69. The molecule has 1 rings (SSSR count). The Morgan fingerprint density at radius 3 is 2.92 bits per heavy atom. The summed E-state index contributed by atoms with van der Waals surface area (Å²) in [5.74, 6) is 0.501. The Labute approximate surface area is 80.5 Å². The van der Waals surface area contributed by atoms with Crippen LogP contribution in [0.5, 0.6) is 0 Å². The molecule has 1 amide bonds. The van der Waals surface area contributed by atoms with Crippen molar-refractivity contribution in [3.63, 3.8) is 0 Å². The van der Waals surface area contributed by atoms with Crippen molar-refractivity contribution in [3.05, 3.63) is 0 Å². The zero-order valence-corrected chi connectivity index (χ0v) is 8.84. The van der Waals surface area contributed by atoms with E-state index in [1.165, 1.54) is 0 Å². The van der Waals surface area contributed by atoms with Crippen molar-refractivity contribution in [2.24, 2.45) is 5.92 Å². The van der Waals surface area contributed by atoms with Gasteiger partial charge in [-0.3, -0.25) is 4.79 Å². The fourth-order valence-electron chi connectivity index (χ4n) is 1.62. The van der Waals surface area contributed by atoms with Crippen molar-refractivity contribution >= 4 is 5.91 Å². The normalized spacial score (nSPS) is 25.8. The SMILES string of the molecule is CCC(C)C(=O)N1CCN[C@H](C)C1. The molecule has 1 N–H and O–H groups in total. The highest BCUT2D eigenvalue weighted by molar-refractivity contribution is 5.78. The van der Waals surface area contributed by atoms with Crippen LogP contribution < -0.4 is 5.32 Å². The molecule has 1 aliphatic rings. The molecule has 0 aromatic rings. The van der Waals surface area contributed by atoms with E-state index in [-0.39, 0.29) is 5.92 Å². The van der Waals surface area contributed by atoms with Crippen LogP contribution in [0.2, 0.25) is 0 Å². The Balaban J connectivity index is 2.46. The number of hydrogen-bond donors (Lipinski definition) is 1. The molecular weight excluding hydrogens is 164 g/mol. The lowest BCUT2D eigenvalue weighted by Gasteiger charge is -2.33. The molecule has 1 heterocycles. The third-order valence-electron chi connectivity index (χ3n) is 2.71. The molecule has 0 radical (unpaired) electrons. The maximum Gasteiger partial charge on any atom is 0.225 e. The van der Waals surface area contributed by atoms with Crippen LogP contribution in [0.25, 0.3) is 0 Å². The molecule has 1 unspecified atom stereocenters. The van der Waals surface area contributed by atoms with Crippen LogP contribution in [-0.2, 0) is 4.79 Å². The lowest BCUT2D eigenvalue weighted by Crippen LogP contribution is -2.52. The van der Waals surface area contributed by atoms with Gasteiger partial charge in [0, 0.05) is 31.6 Å². The summed E-state index contributed by atoms with van der Waals surface area (Å²) in [5, 5.41) is 3.33. The van der Waals surface area contributed by atoms with Crippen molar-refractivity contribution in [1.82, 2.24) is 10.2 Å². The zero-order chi connectivity index (χ0) is 9.84. The Morgan fingerprint density at radius 2 is 2.38 bits per heavy atom. The summed E-state index contributed by atoms with van der Waals surface area (Å²) in [6.07, 6.45) is 0.942. The maximum atomic E-state index is 11.8. The largest absolute Gasteiger partial charge is 0.340 e. The Hall–Kier alpha value is -0.570. The Morgan fingerprint density at radius 1 is 1.69 bits per heavy atom. The topological polar surface area (TPSA) is 32.3 Å². The molecule has 0 aromatic heterocycles. The van der Waals surface area contributed by atoms with Crippen LogP contribution >= 0.6 is 0 Å². The molecule has 0 spiro atoms. The van der Waals surface area contributed by atoms with Crippen molar-refractivity contribution in [2.45, 2.75) is 33.2 Å². The van der Waals surface area contributed by atoms with Crippen molar-refractivity contribution in [3.8, 4) is 0 Å². The van der Waals surface area contributed by atoms with Crippen molar-refractivity contribution in [1.29, 1.82) is 0 Å². The minimum atomic E-state index is 0.185. The van der Waals surface area contributed by atoms with Gasteiger partial charge in [-0.05, 0) is 13.3 Å². The summed E-state index contributed by atoms with van der Waals surface area (Å²) >= 11 is 0. The molecule has 2 atom stereocenters. The number of rotatable bonds is 2. The fraction of sp³-hybridized carbons (Fsp3) is 0.900. The van der Waals surface area contributed by atoms with E-state index in [1.807, 2.05) is 11.8 Å². The van der Waals surface area contributed by atoms with Crippen LogP contribution in [0.4, 0.5) is 0 Å². The van der Waals surface area contributed by atoms with E-state index in [1.54, 1.807) is 0 Å². The summed E-state index contributed by atoms with van der Waals surface area (Å²) in [4.78, 5) is 13.8. The quantitative estimate of drug-likeness (QED) is 0.690. The van der Waals surface area contributed by atoms with E-state index in [4.69, 9.17) is 0 Å². The fourth-order valence-corrected chi connectivity index (χ4v) is 1.62. The smallest absolute Gasteiger partial charge is 0.225 e. The molecule has 76 valence electrons. The Bertz CT molecular complexity index is 182. The minimum absolute atomic E-state index is 0.185. The maximum absolute atomic E-state index is 11.8. The molecule has 0 aliphatic carbocycles. The average Bonchev–Trinajstić information content (AvgIpc) is 2.15. The van der Waals surface area contributed by atoms with E-state index in [9.17, 15) is 4.79 Å². The first-order valence-corrected chi connectivity index (χ1v) is 5.17. The molecule has 1 aliphatic heterocycles. The number of piperazine rings is 1. The van der Waals surface area contributed by atoms with Gasteiger partial charge in [0.05, 0.1) is 0 Å². The van der Waals surface area contributed by atoms with Gasteiger partial charge in [0.1, 0.15) is 0 Å². The van der Waals surface area contributed by atoms with Gasteiger partial charge >= 0.3 is 0 Å². The highest BCUT2D eigenvalue weighted by atomic mass is 16.2. The van der Waals surface area contributed by atoms with E-state index < -0.39 is 0 Å². The molecule has 1 saturated heterocycles. The summed E-state index contributed by atoms with van der Waals surface area (Å²) in [6.45, 7) is 8.86. The van der Waals surface area contributed by atoms with Gasteiger partial charge in [0.2, 0.25) is 5.91 Å². The number of carbonyl (C=O) groups is 1. The number of hydrogen-bond acceptors (Lipinski definition) is 2. The number of nitrogens with one attached hydrogen (secondary N) is 1. The predicted octanol–water partition coefficient (Wildman–Crippen LogP) is 0.853. The summed E-state index contributed by atoms with van der Waals surface area (Å²) in [7, 11) is 0. The van der Waals surface area contributed by atoms with Crippen molar-refractivity contribution in [2.75, 3.05) is 19.6 Å².